The fourth-order valence-corrected chi connectivity index (χ4v) is 4.88. The maximum Gasteiger partial charge on any atom is 0.245 e. The van der Waals surface area contributed by atoms with E-state index in [4.69, 9.17) is 0 Å². The summed E-state index contributed by atoms with van der Waals surface area (Å²) in [4.78, 5) is 29.5. The highest BCUT2D eigenvalue weighted by Crippen LogP contribution is 2.29. The van der Waals surface area contributed by atoms with Gasteiger partial charge in [-0.2, -0.15) is 0 Å². The smallest absolute Gasteiger partial charge is 0.245 e. The van der Waals surface area contributed by atoms with Crippen LogP contribution >= 0.6 is 0 Å². The molecule has 0 fully saturated rings. The molecule has 0 saturated carbocycles. The molecule has 2 amide bonds. The van der Waals surface area contributed by atoms with E-state index < -0.39 is 22.9 Å². The summed E-state index contributed by atoms with van der Waals surface area (Å²) in [7, 11) is 3.64. The lowest BCUT2D eigenvalue weighted by atomic mass is 9.76. The number of carbonyl (C=O) groups excluding carboxylic acids is 2. The van der Waals surface area contributed by atoms with Crippen molar-refractivity contribution >= 4 is 17.4 Å². The van der Waals surface area contributed by atoms with E-state index in [1.807, 2.05) is 76.3 Å². The first-order chi connectivity index (χ1) is 17.2. The van der Waals surface area contributed by atoms with Crippen molar-refractivity contribution in [1.29, 1.82) is 0 Å². The summed E-state index contributed by atoms with van der Waals surface area (Å²) in [5.41, 5.74) is 2.36. The average Bonchev–Trinajstić information content (AvgIpc) is 2.85. The summed E-state index contributed by atoms with van der Waals surface area (Å²) in [6.45, 7) is 16.4. The molecule has 0 spiro atoms. The predicted octanol–water partition coefficient (Wildman–Crippen LogP) is 5.67. The number of nitrogens with zero attached hydrogens (tertiary/aromatic N) is 1. The van der Waals surface area contributed by atoms with Crippen molar-refractivity contribution in [3.63, 3.8) is 0 Å². The maximum absolute atomic E-state index is 14.0. The summed E-state index contributed by atoms with van der Waals surface area (Å²) in [6.07, 6.45) is 2.16. The van der Waals surface area contributed by atoms with Gasteiger partial charge in [0.2, 0.25) is 11.8 Å². The molecule has 2 rings (SSSR count). The molecular formula is C32H47N3O2. The molecule has 0 aromatic heterocycles. The number of nitrogens with one attached hydrogen (secondary N) is 2. The zero-order valence-electron chi connectivity index (χ0n) is 24.4. The standard InChI is InChI=1S/C32H47N3O2/c1-22(2)26(21-23(3)24-17-13-11-14-18-24)35(10)30(37)28(31(4,5)6)34-29(36)27(33-9)32(7,8)25-19-15-12-16-20-25/h11-22,26-28,33H,1-10H3,(H,34,36)/b23-21+/t26-,27-,28-/m1/s1. The van der Waals surface area contributed by atoms with E-state index in [2.05, 4.69) is 63.5 Å². The molecule has 5 heteroatoms. The minimum absolute atomic E-state index is 0.0935. The van der Waals surface area contributed by atoms with Gasteiger partial charge in [0.25, 0.3) is 0 Å². The van der Waals surface area contributed by atoms with Crippen molar-refractivity contribution in [2.45, 2.75) is 78.9 Å². The molecule has 0 bridgehead atoms. The van der Waals surface area contributed by atoms with Gasteiger partial charge in [0, 0.05) is 12.5 Å². The summed E-state index contributed by atoms with van der Waals surface area (Å²) >= 11 is 0. The summed E-state index contributed by atoms with van der Waals surface area (Å²) in [5, 5.41) is 6.33. The third-order valence-electron chi connectivity index (χ3n) is 7.32. The highest BCUT2D eigenvalue weighted by atomic mass is 16.2. The van der Waals surface area contributed by atoms with E-state index in [1.54, 1.807) is 11.9 Å². The Morgan fingerprint density at radius 1 is 0.865 bits per heavy atom. The van der Waals surface area contributed by atoms with Crippen molar-refractivity contribution in [2.24, 2.45) is 11.3 Å². The predicted molar refractivity (Wildman–Crippen MR) is 155 cm³/mol. The van der Waals surface area contributed by atoms with Crippen molar-refractivity contribution in [3.8, 4) is 0 Å². The highest BCUT2D eigenvalue weighted by molar-refractivity contribution is 5.91. The highest BCUT2D eigenvalue weighted by Gasteiger charge is 2.41. The second kappa shape index (κ2) is 12.6. The monoisotopic (exact) mass is 505 g/mol. The van der Waals surface area contributed by atoms with Crippen molar-refractivity contribution < 1.29 is 9.59 Å². The second-order valence-corrected chi connectivity index (χ2v) is 12.0. The van der Waals surface area contributed by atoms with Crippen molar-refractivity contribution in [1.82, 2.24) is 15.5 Å². The molecular weight excluding hydrogens is 458 g/mol. The third-order valence-corrected chi connectivity index (χ3v) is 7.32. The summed E-state index contributed by atoms with van der Waals surface area (Å²) in [6, 6.07) is 18.9. The van der Waals surface area contributed by atoms with Crippen LogP contribution in [0.1, 0.15) is 66.5 Å². The number of hydrogen-bond acceptors (Lipinski definition) is 3. The van der Waals surface area contributed by atoms with E-state index in [0.29, 0.717) is 0 Å². The molecule has 2 aromatic carbocycles. The van der Waals surface area contributed by atoms with Crippen LogP contribution in [0.5, 0.6) is 0 Å². The number of rotatable bonds is 10. The van der Waals surface area contributed by atoms with E-state index in [1.165, 1.54) is 0 Å². The first kappa shape index (κ1) is 30.3. The quantitative estimate of drug-likeness (QED) is 0.437. The Balaban J connectivity index is 2.35. The summed E-state index contributed by atoms with van der Waals surface area (Å²) in [5.74, 6) is -0.0785. The molecule has 0 unspecified atom stereocenters. The van der Waals surface area contributed by atoms with Gasteiger partial charge in [0.1, 0.15) is 6.04 Å². The molecule has 0 aliphatic carbocycles. The van der Waals surface area contributed by atoms with Gasteiger partial charge in [-0.05, 0) is 42.0 Å². The number of likely N-dealkylation sites (N-methyl/N-ethyl adjacent to an activating group) is 2. The van der Waals surface area contributed by atoms with Gasteiger partial charge in [0.05, 0.1) is 12.1 Å². The van der Waals surface area contributed by atoms with Crippen LogP contribution in [0, 0.1) is 11.3 Å². The Morgan fingerprint density at radius 2 is 1.38 bits per heavy atom. The molecule has 0 radical (unpaired) electrons. The normalized spacial score (nSPS) is 15.2. The lowest BCUT2D eigenvalue weighted by Gasteiger charge is -2.40. The van der Waals surface area contributed by atoms with Crippen LogP contribution in [0.3, 0.4) is 0 Å². The van der Waals surface area contributed by atoms with Crippen LogP contribution < -0.4 is 10.6 Å². The first-order valence-electron chi connectivity index (χ1n) is 13.3. The minimum atomic E-state index is -0.681. The van der Waals surface area contributed by atoms with Gasteiger partial charge in [-0.3, -0.25) is 9.59 Å². The van der Waals surface area contributed by atoms with Gasteiger partial charge in [-0.15, -0.1) is 0 Å². The zero-order chi connectivity index (χ0) is 28.0. The summed E-state index contributed by atoms with van der Waals surface area (Å²) < 4.78 is 0. The molecule has 0 aliphatic heterocycles. The Bertz CT molecular complexity index is 1050. The van der Waals surface area contributed by atoms with Crippen LogP contribution in [0.25, 0.3) is 5.57 Å². The average molecular weight is 506 g/mol. The van der Waals surface area contributed by atoms with E-state index >= 15 is 0 Å². The lowest BCUT2D eigenvalue weighted by molar-refractivity contribution is -0.140. The van der Waals surface area contributed by atoms with E-state index in [-0.39, 0.29) is 23.8 Å². The first-order valence-corrected chi connectivity index (χ1v) is 13.3. The lowest BCUT2D eigenvalue weighted by Crippen LogP contribution is -2.61. The number of benzene rings is 2. The fourth-order valence-electron chi connectivity index (χ4n) is 4.88. The van der Waals surface area contributed by atoms with Gasteiger partial charge >= 0.3 is 0 Å². The SMILES string of the molecule is CN[C@H](C(=O)N[C@H](C(=O)N(C)[C@H](/C=C(\C)c1ccccc1)C(C)C)C(C)(C)C)C(C)(C)c1ccccc1. The van der Waals surface area contributed by atoms with Crippen molar-refractivity contribution in [2.75, 3.05) is 14.1 Å². The van der Waals surface area contributed by atoms with Gasteiger partial charge in [0.15, 0.2) is 0 Å². The number of carbonyl (C=O) groups is 2. The van der Waals surface area contributed by atoms with E-state index in [9.17, 15) is 9.59 Å². The minimum Gasteiger partial charge on any atom is -0.342 e. The molecule has 0 heterocycles. The van der Waals surface area contributed by atoms with Crippen LogP contribution in [-0.4, -0.2) is 48.9 Å². The number of amides is 2. The fraction of sp³-hybridized carbons (Fsp3) is 0.500. The Labute approximate surface area is 224 Å². The molecule has 37 heavy (non-hydrogen) atoms. The molecule has 3 atom stereocenters. The Hall–Kier alpha value is -2.92. The van der Waals surface area contributed by atoms with Crippen LogP contribution in [0.4, 0.5) is 0 Å². The van der Waals surface area contributed by atoms with Gasteiger partial charge < -0.3 is 15.5 Å². The second-order valence-electron chi connectivity index (χ2n) is 12.0. The van der Waals surface area contributed by atoms with Crippen LogP contribution in [-0.2, 0) is 15.0 Å². The topological polar surface area (TPSA) is 61.4 Å². The van der Waals surface area contributed by atoms with Gasteiger partial charge in [-0.1, -0.05) is 115 Å². The third kappa shape index (κ3) is 7.54. The van der Waals surface area contributed by atoms with E-state index in [0.717, 1.165) is 16.7 Å². The molecule has 0 aliphatic rings. The Morgan fingerprint density at radius 3 is 1.84 bits per heavy atom. The molecule has 2 aromatic rings. The van der Waals surface area contributed by atoms with Crippen LogP contribution in [0.2, 0.25) is 0 Å². The molecule has 0 saturated heterocycles. The number of allylic oxidation sites excluding steroid dienone is 1. The number of hydrogen-bond donors (Lipinski definition) is 2. The largest absolute Gasteiger partial charge is 0.342 e. The van der Waals surface area contributed by atoms with Crippen molar-refractivity contribution in [3.05, 3.63) is 77.9 Å². The van der Waals surface area contributed by atoms with Crippen LogP contribution in [0.15, 0.2) is 66.7 Å². The zero-order valence-corrected chi connectivity index (χ0v) is 24.4. The molecule has 5 nitrogen and oxygen atoms in total. The maximum atomic E-state index is 14.0. The molecule has 2 N–H and O–H groups in total. The molecule has 202 valence electrons. The Kier molecular flexibility index (Phi) is 10.3. The van der Waals surface area contributed by atoms with Gasteiger partial charge in [-0.25, -0.2) is 0 Å².